The van der Waals surface area contributed by atoms with Crippen LogP contribution in [0.3, 0.4) is 0 Å². The SMILES string of the molecule is CCNC(=S)Nc1ccc(C23CC4CC(CC(C4)C2)C3)cc1. The standard InChI is InChI=1S/C19H26N2S/c1-2-20-18(22)21-17-5-3-16(4-6-17)19-10-13-7-14(11-19)9-15(8-13)12-19/h3-6,13-15H,2,7-12H2,1H3,(H2,20,21,22). The van der Waals surface area contributed by atoms with E-state index < -0.39 is 0 Å². The molecule has 0 atom stereocenters. The highest BCUT2D eigenvalue weighted by molar-refractivity contribution is 7.80. The molecule has 118 valence electrons. The molecule has 22 heavy (non-hydrogen) atoms. The first-order valence-corrected chi connectivity index (χ1v) is 9.23. The lowest BCUT2D eigenvalue weighted by Gasteiger charge is -2.57. The van der Waals surface area contributed by atoms with Crippen molar-refractivity contribution >= 4 is 23.0 Å². The van der Waals surface area contributed by atoms with Crippen molar-refractivity contribution in [1.82, 2.24) is 5.32 Å². The Labute approximate surface area is 139 Å². The quantitative estimate of drug-likeness (QED) is 0.805. The molecule has 5 rings (SSSR count). The smallest absolute Gasteiger partial charge is 0.170 e. The third-order valence-corrected chi connectivity index (χ3v) is 6.38. The van der Waals surface area contributed by atoms with Crippen LogP contribution in [0, 0.1) is 17.8 Å². The van der Waals surface area contributed by atoms with Crippen molar-refractivity contribution in [2.75, 3.05) is 11.9 Å². The van der Waals surface area contributed by atoms with Crippen LogP contribution in [-0.2, 0) is 5.41 Å². The normalized spacial score (nSPS) is 35.4. The molecule has 3 heteroatoms. The van der Waals surface area contributed by atoms with Crippen LogP contribution in [0.25, 0.3) is 0 Å². The number of rotatable bonds is 3. The van der Waals surface area contributed by atoms with E-state index in [1.807, 2.05) is 0 Å². The van der Waals surface area contributed by atoms with E-state index in [2.05, 4.69) is 41.8 Å². The van der Waals surface area contributed by atoms with Gasteiger partial charge in [0.1, 0.15) is 0 Å². The van der Waals surface area contributed by atoms with Crippen LogP contribution in [0.5, 0.6) is 0 Å². The molecular formula is C19H26N2S. The van der Waals surface area contributed by atoms with Gasteiger partial charge in [-0.1, -0.05) is 12.1 Å². The van der Waals surface area contributed by atoms with Gasteiger partial charge in [-0.25, -0.2) is 0 Å². The molecule has 4 aliphatic carbocycles. The average Bonchev–Trinajstić information content (AvgIpc) is 2.46. The topological polar surface area (TPSA) is 24.1 Å². The minimum Gasteiger partial charge on any atom is -0.363 e. The molecule has 0 saturated heterocycles. The second-order valence-corrected chi connectivity index (χ2v) is 8.17. The van der Waals surface area contributed by atoms with Crippen molar-refractivity contribution in [1.29, 1.82) is 0 Å². The molecule has 0 amide bonds. The Morgan fingerprint density at radius 2 is 1.59 bits per heavy atom. The molecule has 0 spiro atoms. The molecule has 0 aliphatic heterocycles. The Kier molecular flexibility index (Phi) is 3.64. The molecule has 0 unspecified atom stereocenters. The van der Waals surface area contributed by atoms with Crippen molar-refractivity contribution < 1.29 is 0 Å². The summed E-state index contributed by atoms with van der Waals surface area (Å²) in [5.74, 6) is 3.01. The lowest BCUT2D eigenvalue weighted by molar-refractivity contribution is -0.00518. The van der Waals surface area contributed by atoms with Gasteiger partial charge in [-0.2, -0.15) is 0 Å². The van der Waals surface area contributed by atoms with E-state index in [9.17, 15) is 0 Å². The second kappa shape index (κ2) is 5.52. The summed E-state index contributed by atoms with van der Waals surface area (Å²) in [4.78, 5) is 0. The Morgan fingerprint density at radius 1 is 1.05 bits per heavy atom. The summed E-state index contributed by atoms with van der Waals surface area (Å²) in [5, 5.41) is 7.11. The molecule has 2 N–H and O–H groups in total. The molecule has 4 saturated carbocycles. The van der Waals surface area contributed by atoms with Crippen LogP contribution in [0.15, 0.2) is 24.3 Å². The van der Waals surface area contributed by atoms with Gasteiger partial charge in [-0.05, 0) is 98.5 Å². The Balaban J connectivity index is 1.52. The molecule has 0 aromatic heterocycles. The van der Waals surface area contributed by atoms with Crippen molar-refractivity contribution in [2.24, 2.45) is 17.8 Å². The van der Waals surface area contributed by atoms with Gasteiger partial charge in [0.25, 0.3) is 0 Å². The molecule has 1 aromatic carbocycles. The number of nitrogens with one attached hydrogen (secondary N) is 2. The lowest BCUT2D eigenvalue weighted by atomic mass is 9.48. The van der Waals surface area contributed by atoms with Crippen LogP contribution in [0.2, 0.25) is 0 Å². The van der Waals surface area contributed by atoms with Crippen LogP contribution in [0.1, 0.15) is 51.0 Å². The molecule has 4 bridgehead atoms. The first-order valence-electron chi connectivity index (χ1n) is 8.82. The first-order chi connectivity index (χ1) is 10.7. The summed E-state index contributed by atoms with van der Waals surface area (Å²) < 4.78 is 0. The third-order valence-electron chi connectivity index (χ3n) is 6.13. The zero-order chi connectivity index (χ0) is 15.2. The highest BCUT2D eigenvalue weighted by Crippen LogP contribution is 2.60. The summed E-state index contributed by atoms with van der Waals surface area (Å²) in [6.07, 6.45) is 8.83. The predicted octanol–water partition coefficient (Wildman–Crippen LogP) is 4.46. The fourth-order valence-corrected chi connectivity index (χ4v) is 5.97. The van der Waals surface area contributed by atoms with Crippen LogP contribution >= 0.6 is 12.2 Å². The summed E-state index contributed by atoms with van der Waals surface area (Å²) in [7, 11) is 0. The van der Waals surface area contributed by atoms with Gasteiger partial charge >= 0.3 is 0 Å². The highest BCUT2D eigenvalue weighted by Gasteiger charge is 2.51. The summed E-state index contributed by atoms with van der Waals surface area (Å²) in [5.41, 5.74) is 3.17. The fraction of sp³-hybridized carbons (Fsp3) is 0.632. The van der Waals surface area contributed by atoms with Gasteiger partial charge in [0.2, 0.25) is 0 Å². The van der Waals surface area contributed by atoms with Gasteiger partial charge < -0.3 is 10.6 Å². The molecule has 4 aliphatic rings. The first kappa shape index (κ1) is 14.5. The third kappa shape index (κ3) is 2.54. The van der Waals surface area contributed by atoms with Crippen molar-refractivity contribution in [2.45, 2.75) is 50.9 Å². The van der Waals surface area contributed by atoms with Gasteiger partial charge in [-0.15, -0.1) is 0 Å². The predicted molar refractivity (Wildman–Crippen MR) is 96.2 cm³/mol. The largest absolute Gasteiger partial charge is 0.363 e. The lowest BCUT2D eigenvalue weighted by Crippen LogP contribution is -2.48. The maximum atomic E-state index is 5.26. The van der Waals surface area contributed by atoms with E-state index in [-0.39, 0.29) is 0 Å². The van der Waals surface area contributed by atoms with E-state index in [0.717, 1.165) is 30.0 Å². The van der Waals surface area contributed by atoms with Gasteiger partial charge in [0, 0.05) is 12.2 Å². The second-order valence-electron chi connectivity index (χ2n) is 7.76. The van der Waals surface area contributed by atoms with E-state index in [1.54, 1.807) is 5.56 Å². The van der Waals surface area contributed by atoms with E-state index in [1.165, 1.54) is 38.5 Å². The summed E-state index contributed by atoms with van der Waals surface area (Å²) in [6, 6.07) is 9.11. The van der Waals surface area contributed by atoms with Crippen molar-refractivity contribution in [3.63, 3.8) is 0 Å². The molecule has 2 nitrogen and oxygen atoms in total. The molecular weight excluding hydrogens is 288 g/mol. The minimum absolute atomic E-state index is 0.495. The van der Waals surface area contributed by atoms with Gasteiger partial charge in [0.05, 0.1) is 0 Å². The zero-order valence-electron chi connectivity index (χ0n) is 13.4. The summed E-state index contributed by atoms with van der Waals surface area (Å²) in [6.45, 7) is 2.92. The Bertz CT molecular complexity index is 528. The van der Waals surface area contributed by atoms with E-state index in [4.69, 9.17) is 12.2 Å². The number of hydrogen-bond acceptors (Lipinski definition) is 1. The molecule has 4 fully saturated rings. The van der Waals surface area contributed by atoms with Crippen LogP contribution < -0.4 is 10.6 Å². The van der Waals surface area contributed by atoms with E-state index in [0.29, 0.717) is 10.5 Å². The number of thiocarbonyl (C=S) groups is 1. The fourth-order valence-electron chi connectivity index (χ4n) is 5.71. The maximum absolute atomic E-state index is 5.26. The van der Waals surface area contributed by atoms with Crippen LogP contribution in [0.4, 0.5) is 5.69 Å². The van der Waals surface area contributed by atoms with Gasteiger partial charge in [0.15, 0.2) is 5.11 Å². The number of anilines is 1. The Hall–Kier alpha value is -1.09. The summed E-state index contributed by atoms with van der Waals surface area (Å²) >= 11 is 5.26. The maximum Gasteiger partial charge on any atom is 0.170 e. The van der Waals surface area contributed by atoms with E-state index >= 15 is 0 Å². The van der Waals surface area contributed by atoms with Gasteiger partial charge in [-0.3, -0.25) is 0 Å². The molecule has 1 aromatic rings. The number of benzene rings is 1. The average molecular weight is 314 g/mol. The minimum atomic E-state index is 0.495. The number of hydrogen-bond donors (Lipinski definition) is 2. The molecule has 0 heterocycles. The Morgan fingerprint density at radius 3 is 2.09 bits per heavy atom. The monoisotopic (exact) mass is 314 g/mol. The molecule has 0 radical (unpaired) electrons. The van der Waals surface area contributed by atoms with Crippen molar-refractivity contribution in [3.05, 3.63) is 29.8 Å². The van der Waals surface area contributed by atoms with Crippen LogP contribution in [-0.4, -0.2) is 11.7 Å². The zero-order valence-corrected chi connectivity index (χ0v) is 14.2. The van der Waals surface area contributed by atoms with Crippen molar-refractivity contribution in [3.8, 4) is 0 Å². The highest BCUT2D eigenvalue weighted by atomic mass is 32.1.